The lowest BCUT2D eigenvalue weighted by Gasteiger charge is -2.33. The van der Waals surface area contributed by atoms with Crippen LogP contribution in [-0.4, -0.2) is 29.5 Å². The Kier molecular flexibility index (Phi) is 6.78. The maximum Gasteiger partial charge on any atom is 0.274 e. The summed E-state index contributed by atoms with van der Waals surface area (Å²) in [6.45, 7) is 10.8. The van der Waals surface area contributed by atoms with Crippen molar-refractivity contribution >= 4 is 5.69 Å². The van der Waals surface area contributed by atoms with Gasteiger partial charge in [-0.1, -0.05) is 45.9 Å². The Balaban J connectivity index is 3.15. The van der Waals surface area contributed by atoms with E-state index in [9.17, 15) is 10.1 Å². The molecule has 0 aliphatic carbocycles. The molecule has 0 spiro atoms. The quantitative estimate of drug-likeness (QED) is 0.590. The molecule has 2 N–H and O–H groups in total. The predicted molar refractivity (Wildman–Crippen MR) is 86.1 cm³/mol. The van der Waals surface area contributed by atoms with Crippen LogP contribution in [0.1, 0.15) is 39.3 Å². The summed E-state index contributed by atoms with van der Waals surface area (Å²) in [4.78, 5) is 13.2. The molecular formula is C16H27N3O2. The van der Waals surface area contributed by atoms with Gasteiger partial charge in [0.05, 0.1) is 11.0 Å². The molecule has 1 aromatic carbocycles. The van der Waals surface area contributed by atoms with E-state index in [0.29, 0.717) is 23.9 Å². The van der Waals surface area contributed by atoms with E-state index in [1.54, 1.807) is 12.1 Å². The molecule has 0 saturated heterocycles. The number of para-hydroxylation sites is 1. The fourth-order valence-electron chi connectivity index (χ4n) is 2.68. The summed E-state index contributed by atoms with van der Waals surface area (Å²) in [7, 11) is 0. The fraction of sp³-hybridized carbons (Fsp3) is 0.625. The molecule has 0 aliphatic heterocycles. The predicted octanol–water partition coefficient (Wildman–Crippen LogP) is 3.21. The number of nitro groups is 1. The van der Waals surface area contributed by atoms with E-state index < -0.39 is 0 Å². The lowest BCUT2D eigenvalue weighted by Crippen LogP contribution is -2.39. The molecule has 0 radical (unpaired) electrons. The number of benzene rings is 1. The minimum Gasteiger partial charge on any atom is -0.329 e. The number of hydrogen-bond acceptors (Lipinski definition) is 4. The second kappa shape index (κ2) is 8.10. The van der Waals surface area contributed by atoms with Gasteiger partial charge in [0.15, 0.2) is 0 Å². The van der Waals surface area contributed by atoms with Crippen molar-refractivity contribution in [2.45, 2.75) is 33.7 Å². The molecule has 0 bridgehead atoms. The number of nitro benzene ring substituents is 1. The SMILES string of the molecule is CC(C)CN(CC(C)C)C(CN)c1ccccc1[N+](=O)[O-]. The number of nitrogens with two attached hydrogens (primary N) is 1. The summed E-state index contributed by atoms with van der Waals surface area (Å²) in [5, 5.41) is 11.3. The molecule has 0 aromatic heterocycles. The third-order valence-corrected chi connectivity index (χ3v) is 3.36. The van der Waals surface area contributed by atoms with Gasteiger partial charge in [0.1, 0.15) is 0 Å². The van der Waals surface area contributed by atoms with Crippen LogP contribution in [0.3, 0.4) is 0 Å². The van der Waals surface area contributed by atoms with Crippen LogP contribution in [0.25, 0.3) is 0 Å². The monoisotopic (exact) mass is 293 g/mol. The van der Waals surface area contributed by atoms with Gasteiger partial charge in [-0.25, -0.2) is 0 Å². The zero-order valence-corrected chi connectivity index (χ0v) is 13.5. The maximum atomic E-state index is 11.3. The number of hydrogen-bond donors (Lipinski definition) is 1. The number of nitrogens with zero attached hydrogens (tertiary/aromatic N) is 2. The van der Waals surface area contributed by atoms with Gasteiger partial charge in [0.25, 0.3) is 5.69 Å². The molecule has 0 saturated carbocycles. The highest BCUT2D eigenvalue weighted by atomic mass is 16.6. The van der Waals surface area contributed by atoms with Crippen LogP contribution < -0.4 is 5.73 Å². The molecule has 0 heterocycles. The molecular weight excluding hydrogens is 266 g/mol. The van der Waals surface area contributed by atoms with Crippen LogP contribution in [0.5, 0.6) is 0 Å². The highest BCUT2D eigenvalue weighted by Crippen LogP contribution is 2.29. The molecule has 118 valence electrons. The van der Waals surface area contributed by atoms with Gasteiger partial charge in [0.2, 0.25) is 0 Å². The second-order valence-corrected chi connectivity index (χ2v) is 6.31. The van der Waals surface area contributed by atoms with Gasteiger partial charge in [-0.2, -0.15) is 0 Å². The van der Waals surface area contributed by atoms with Gasteiger partial charge < -0.3 is 5.73 Å². The number of rotatable bonds is 8. The van der Waals surface area contributed by atoms with E-state index in [1.165, 1.54) is 0 Å². The Morgan fingerprint density at radius 3 is 2.10 bits per heavy atom. The van der Waals surface area contributed by atoms with Gasteiger partial charge in [-0.15, -0.1) is 0 Å². The molecule has 0 aliphatic rings. The first-order chi connectivity index (χ1) is 9.86. The van der Waals surface area contributed by atoms with Crippen molar-refractivity contribution in [1.29, 1.82) is 0 Å². The van der Waals surface area contributed by atoms with Crippen molar-refractivity contribution in [3.05, 3.63) is 39.9 Å². The van der Waals surface area contributed by atoms with Crippen LogP contribution >= 0.6 is 0 Å². The summed E-state index contributed by atoms with van der Waals surface area (Å²) < 4.78 is 0. The Morgan fingerprint density at radius 2 is 1.67 bits per heavy atom. The summed E-state index contributed by atoms with van der Waals surface area (Å²) in [5.41, 5.74) is 6.83. The summed E-state index contributed by atoms with van der Waals surface area (Å²) in [6.07, 6.45) is 0. The Bertz CT molecular complexity index is 451. The zero-order chi connectivity index (χ0) is 16.0. The molecule has 1 rings (SSSR count). The van der Waals surface area contributed by atoms with Gasteiger partial charge in [0, 0.05) is 31.3 Å². The first-order valence-corrected chi connectivity index (χ1v) is 7.54. The largest absolute Gasteiger partial charge is 0.329 e. The minimum atomic E-state index is -0.319. The Morgan fingerprint density at radius 1 is 1.14 bits per heavy atom. The molecule has 21 heavy (non-hydrogen) atoms. The third-order valence-electron chi connectivity index (χ3n) is 3.36. The first-order valence-electron chi connectivity index (χ1n) is 7.54. The normalized spacial score (nSPS) is 13.1. The van der Waals surface area contributed by atoms with Gasteiger partial charge in [-0.05, 0) is 11.8 Å². The average molecular weight is 293 g/mol. The van der Waals surface area contributed by atoms with E-state index in [0.717, 1.165) is 13.1 Å². The molecule has 0 amide bonds. The minimum absolute atomic E-state index is 0.114. The third kappa shape index (κ3) is 5.10. The Hall–Kier alpha value is -1.46. The standard InChI is InChI=1S/C16H27N3O2/c1-12(2)10-18(11-13(3)4)16(9-17)14-7-5-6-8-15(14)19(20)21/h5-8,12-13,16H,9-11,17H2,1-4H3. The van der Waals surface area contributed by atoms with Gasteiger partial charge >= 0.3 is 0 Å². The second-order valence-electron chi connectivity index (χ2n) is 6.31. The molecule has 1 atom stereocenters. The fourth-order valence-corrected chi connectivity index (χ4v) is 2.68. The molecule has 5 heteroatoms. The van der Waals surface area contributed by atoms with Crippen LogP contribution in [0.2, 0.25) is 0 Å². The van der Waals surface area contributed by atoms with Crippen molar-refractivity contribution in [3.8, 4) is 0 Å². The molecule has 1 aromatic rings. The highest BCUT2D eigenvalue weighted by Gasteiger charge is 2.26. The molecule has 1 unspecified atom stereocenters. The van der Waals surface area contributed by atoms with E-state index in [2.05, 4.69) is 32.6 Å². The summed E-state index contributed by atoms with van der Waals surface area (Å²) in [5.74, 6) is 0.973. The van der Waals surface area contributed by atoms with Crippen LogP contribution in [0.15, 0.2) is 24.3 Å². The van der Waals surface area contributed by atoms with Crippen LogP contribution in [-0.2, 0) is 0 Å². The zero-order valence-electron chi connectivity index (χ0n) is 13.5. The first kappa shape index (κ1) is 17.6. The lowest BCUT2D eigenvalue weighted by molar-refractivity contribution is -0.386. The van der Waals surface area contributed by atoms with Crippen LogP contribution in [0, 0.1) is 22.0 Å². The highest BCUT2D eigenvalue weighted by molar-refractivity contribution is 5.42. The van der Waals surface area contributed by atoms with E-state index in [1.807, 2.05) is 12.1 Å². The van der Waals surface area contributed by atoms with Crippen molar-refractivity contribution in [2.24, 2.45) is 17.6 Å². The van der Waals surface area contributed by atoms with E-state index in [4.69, 9.17) is 5.73 Å². The van der Waals surface area contributed by atoms with Crippen molar-refractivity contribution < 1.29 is 4.92 Å². The van der Waals surface area contributed by atoms with Crippen molar-refractivity contribution in [2.75, 3.05) is 19.6 Å². The molecule has 0 fully saturated rings. The van der Waals surface area contributed by atoms with Crippen LogP contribution in [0.4, 0.5) is 5.69 Å². The smallest absolute Gasteiger partial charge is 0.274 e. The van der Waals surface area contributed by atoms with Gasteiger partial charge in [-0.3, -0.25) is 15.0 Å². The summed E-state index contributed by atoms with van der Waals surface area (Å²) >= 11 is 0. The van der Waals surface area contributed by atoms with E-state index >= 15 is 0 Å². The van der Waals surface area contributed by atoms with E-state index in [-0.39, 0.29) is 16.7 Å². The topological polar surface area (TPSA) is 72.4 Å². The van der Waals surface area contributed by atoms with Crippen molar-refractivity contribution in [3.63, 3.8) is 0 Å². The van der Waals surface area contributed by atoms with Crippen molar-refractivity contribution in [1.82, 2.24) is 4.90 Å². The lowest BCUT2D eigenvalue weighted by atomic mass is 10.0. The average Bonchev–Trinajstić information content (AvgIpc) is 2.38. The molecule has 5 nitrogen and oxygen atoms in total. The maximum absolute atomic E-state index is 11.3. The Labute approximate surface area is 127 Å². The summed E-state index contributed by atoms with van der Waals surface area (Å²) in [6, 6.07) is 6.80.